The molecular formula is C19H20FN7O. The molecule has 0 bridgehead atoms. The van der Waals surface area contributed by atoms with Crippen LogP contribution in [0.1, 0.15) is 5.56 Å². The van der Waals surface area contributed by atoms with Gasteiger partial charge in [-0.05, 0) is 55.0 Å². The third kappa shape index (κ3) is 5.90. The van der Waals surface area contributed by atoms with E-state index in [0.717, 1.165) is 5.56 Å². The predicted molar refractivity (Wildman–Crippen MR) is 106 cm³/mol. The minimum absolute atomic E-state index is 0.354. The van der Waals surface area contributed by atoms with Gasteiger partial charge in [0, 0.05) is 25.0 Å². The van der Waals surface area contributed by atoms with Crippen molar-refractivity contribution in [3.05, 3.63) is 66.1 Å². The van der Waals surface area contributed by atoms with Crippen LogP contribution in [0.3, 0.4) is 0 Å². The molecule has 9 heteroatoms. The van der Waals surface area contributed by atoms with Crippen molar-refractivity contribution in [2.75, 3.05) is 29.0 Å². The summed E-state index contributed by atoms with van der Waals surface area (Å²) in [6.45, 7) is 2.82. The van der Waals surface area contributed by atoms with Crippen LogP contribution in [0.2, 0.25) is 0 Å². The predicted octanol–water partition coefficient (Wildman–Crippen LogP) is 3.30. The number of aromatic nitrogens is 3. The van der Waals surface area contributed by atoms with Crippen LogP contribution >= 0.6 is 0 Å². The lowest BCUT2D eigenvalue weighted by Crippen LogP contribution is -2.32. The molecule has 0 aliphatic carbocycles. The molecule has 4 N–H and O–H groups in total. The van der Waals surface area contributed by atoms with E-state index in [1.165, 1.54) is 24.3 Å². The molecule has 2 aromatic heterocycles. The first kappa shape index (κ1) is 19.0. The van der Waals surface area contributed by atoms with E-state index in [2.05, 4.69) is 36.4 Å². The monoisotopic (exact) mass is 381 g/mol. The molecule has 8 nitrogen and oxygen atoms in total. The lowest BCUT2D eigenvalue weighted by Gasteiger charge is -2.09. The van der Waals surface area contributed by atoms with E-state index in [1.54, 1.807) is 18.3 Å². The highest BCUT2D eigenvalue weighted by Crippen LogP contribution is 2.12. The summed E-state index contributed by atoms with van der Waals surface area (Å²) in [5.41, 5.74) is 1.60. The first-order chi connectivity index (χ1) is 13.6. The molecule has 28 heavy (non-hydrogen) atoms. The number of pyridine rings is 1. The fourth-order valence-electron chi connectivity index (χ4n) is 2.24. The number of nitrogens with zero attached hydrogens (tertiary/aromatic N) is 3. The van der Waals surface area contributed by atoms with Gasteiger partial charge in [0.25, 0.3) is 0 Å². The Bertz CT molecular complexity index is 899. The fraction of sp³-hybridized carbons (Fsp3) is 0.158. The zero-order valence-electron chi connectivity index (χ0n) is 15.2. The van der Waals surface area contributed by atoms with E-state index in [0.29, 0.717) is 36.2 Å². The van der Waals surface area contributed by atoms with E-state index in [4.69, 9.17) is 0 Å². The quantitative estimate of drug-likeness (QED) is 0.468. The maximum Gasteiger partial charge on any atom is 0.319 e. The number of halogens is 1. The molecule has 3 rings (SSSR count). The third-order valence-corrected chi connectivity index (χ3v) is 3.65. The lowest BCUT2D eigenvalue weighted by atomic mass is 10.3. The van der Waals surface area contributed by atoms with Gasteiger partial charge in [-0.1, -0.05) is 6.07 Å². The molecule has 144 valence electrons. The number of urea groups is 1. The average Bonchev–Trinajstić information content (AvgIpc) is 2.70. The number of hydrogen-bond acceptors (Lipinski definition) is 6. The summed E-state index contributed by atoms with van der Waals surface area (Å²) in [5, 5.41) is 19.6. The molecule has 2 amide bonds. The number of amides is 2. The summed E-state index contributed by atoms with van der Waals surface area (Å²) in [6, 6.07) is 12.6. The first-order valence-electron chi connectivity index (χ1n) is 8.66. The largest absolute Gasteiger partial charge is 0.367 e. The first-order valence-corrected chi connectivity index (χ1v) is 8.66. The molecule has 0 saturated carbocycles. The van der Waals surface area contributed by atoms with Crippen LogP contribution in [-0.4, -0.2) is 34.3 Å². The number of carbonyl (C=O) groups is 1. The minimum Gasteiger partial charge on any atom is -0.367 e. The SMILES string of the molecule is Cc1ccc(Nc2ccc(NCCNC(=O)Nc3ccc(F)cc3)nn2)nc1. The number of anilines is 4. The topological polar surface area (TPSA) is 104 Å². The number of benzene rings is 1. The van der Waals surface area contributed by atoms with E-state index >= 15 is 0 Å². The van der Waals surface area contributed by atoms with Crippen LogP contribution in [0.25, 0.3) is 0 Å². The van der Waals surface area contributed by atoms with Crippen LogP contribution in [-0.2, 0) is 0 Å². The second kappa shape index (κ2) is 9.26. The number of rotatable bonds is 7. The lowest BCUT2D eigenvalue weighted by molar-refractivity contribution is 0.252. The molecule has 1 aromatic carbocycles. The Morgan fingerprint density at radius 3 is 2.32 bits per heavy atom. The Balaban J connectivity index is 1.38. The summed E-state index contributed by atoms with van der Waals surface area (Å²) >= 11 is 0. The van der Waals surface area contributed by atoms with Gasteiger partial charge in [0.1, 0.15) is 17.5 Å². The van der Waals surface area contributed by atoms with Gasteiger partial charge in [-0.25, -0.2) is 14.2 Å². The van der Waals surface area contributed by atoms with E-state index in [-0.39, 0.29) is 11.8 Å². The normalized spacial score (nSPS) is 10.2. The number of hydrogen-bond donors (Lipinski definition) is 4. The number of nitrogens with one attached hydrogen (secondary N) is 4. The van der Waals surface area contributed by atoms with Gasteiger partial charge in [0.2, 0.25) is 0 Å². The molecule has 2 heterocycles. The smallest absolute Gasteiger partial charge is 0.319 e. The Kier molecular flexibility index (Phi) is 6.29. The highest BCUT2D eigenvalue weighted by Gasteiger charge is 2.02. The standard InChI is InChI=1S/C19H20FN7O/c1-13-2-7-16(23-12-13)25-18-9-8-17(26-27-18)21-10-11-22-19(28)24-15-5-3-14(20)4-6-15/h2-9,12H,10-11H2,1H3,(H,21,26)(H2,22,24,28)(H,23,25,27). The van der Waals surface area contributed by atoms with Crippen molar-refractivity contribution in [3.63, 3.8) is 0 Å². The molecule has 0 atom stereocenters. The van der Waals surface area contributed by atoms with Crippen molar-refractivity contribution in [1.82, 2.24) is 20.5 Å². The molecule has 0 spiro atoms. The second-order valence-electron chi connectivity index (χ2n) is 5.96. The van der Waals surface area contributed by atoms with Crippen LogP contribution < -0.4 is 21.3 Å². The number of aryl methyl sites for hydroxylation is 1. The zero-order valence-corrected chi connectivity index (χ0v) is 15.2. The van der Waals surface area contributed by atoms with E-state index in [1.807, 2.05) is 19.1 Å². The van der Waals surface area contributed by atoms with Gasteiger partial charge in [0.05, 0.1) is 0 Å². The van der Waals surface area contributed by atoms with Gasteiger partial charge in [-0.3, -0.25) is 0 Å². The summed E-state index contributed by atoms with van der Waals surface area (Å²) in [6.07, 6.45) is 1.77. The molecule has 3 aromatic rings. The summed E-state index contributed by atoms with van der Waals surface area (Å²) in [4.78, 5) is 16.0. The van der Waals surface area contributed by atoms with Crippen molar-refractivity contribution in [1.29, 1.82) is 0 Å². The van der Waals surface area contributed by atoms with Crippen molar-refractivity contribution in [3.8, 4) is 0 Å². The van der Waals surface area contributed by atoms with Crippen molar-refractivity contribution in [2.24, 2.45) is 0 Å². The Morgan fingerprint density at radius 1 is 0.929 bits per heavy atom. The Hall–Kier alpha value is -3.75. The van der Waals surface area contributed by atoms with Crippen molar-refractivity contribution in [2.45, 2.75) is 6.92 Å². The molecule has 0 aliphatic rings. The van der Waals surface area contributed by atoms with Gasteiger partial charge in [-0.15, -0.1) is 10.2 Å². The highest BCUT2D eigenvalue weighted by molar-refractivity contribution is 5.89. The fourth-order valence-corrected chi connectivity index (χ4v) is 2.24. The van der Waals surface area contributed by atoms with Gasteiger partial charge in [-0.2, -0.15) is 0 Å². The maximum absolute atomic E-state index is 12.8. The van der Waals surface area contributed by atoms with Crippen molar-refractivity contribution < 1.29 is 9.18 Å². The van der Waals surface area contributed by atoms with Gasteiger partial charge in [0.15, 0.2) is 5.82 Å². The molecule has 0 unspecified atom stereocenters. The molecule has 0 radical (unpaired) electrons. The summed E-state index contributed by atoms with van der Waals surface area (Å²) in [7, 11) is 0. The molecule has 0 aliphatic heterocycles. The molecular weight excluding hydrogens is 361 g/mol. The summed E-state index contributed by atoms with van der Waals surface area (Å²) < 4.78 is 12.8. The van der Waals surface area contributed by atoms with E-state index in [9.17, 15) is 9.18 Å². The zero-order chi connectivity index (χ0) is 19.8. The second-order valence-corrected chi connectivity index (χ2v) is 5.96. The maximum atomic E-state index is 12.8. The highest BCUT2D eigenvalue weighted by atomic mass is 19.1. The Labute approximate surface area is 161 Å². The van der Waals surface area contributed by atoms with Crippen LogP contribution in [0.5, 0.6) is 0 Å². The summed E-state index contributed by atoms with van der Waals surface area (Å²) in [5.74, 6) is 1.51. The molecule has 0 fully saturated rings. The van der Waals surface area contributed by atoms with Gasteiger partial charge < -0.3 is 21.3 Å². The van der Waals surface area contributed by atoms with Crippen LogP contribution in [0.15, 0.2) is 54.7 Å². The van der Waals surface area contributed by atoms with Gasteiger partial charge >= 0.3 is 6.03 Å². The van der Waals surface area contributed by atoms with Crippen LogP contribution in [0, 0.1) is 12.7 Å². The minimum atomic E-state index is -0.371. The number of carbonyl (C=O) groups excluding carboxylic acids is 1. The molecule has 0 saturated heterocycles. The third-order valence-electron chi connectivity index (χ3n) is 3.65. The van der Waals surface area contributed by atoms with E-state index < -0.39 is 0 Å². The van der Waals surface area contributed by atoms with Crippen molar-refractivity contribution >= 4 is 29.2 Å². The Morgan fingerprint density at radius 2 is 1.64 bits per heavy atom. The average molecular weight is 381 g/mol. The van der Waals surface area contributed by atoms with Crippen LogP contribution in [0.4, 0.5) is 32.3 Å².